The molecule has 0 saturated carbocycles. The van der Waals surface area contributed by atoms with Crippen LogP contribution in [0.15, 0.2) is 51.4 Å². The van der Waals surface area contributed by atoms with Crippen LogP contribution in [0, 0.1) is 0 Å². The van der Waals surface area contributed by atoms with Gasteiger partial charge in [-0.2, -0.15) is 0 Å². The van der Waals surface area contributed by atoms with Crippen LogP contribution in [0.4, 0.5) is 5.69 Å². The molecule has 0 aromatic heterocycles. The van der Waals surface area contributed by atoms with Crippen molar-refractivity contribution in [3.05, 3.63) is 57.0 Å². The first-order valence-electron chi connectivity index (χ1n) is 6.55. The van der Waals surface area contributed by atoms with Crippen LogP contribution >= 0.6 is 31.9 Å². The van der Waals surface area contributed by atoms with Crippen LogP contribution in [-0.4, -0.2) is 12.5 Å². The van der Waals surface area contributed by atoms with Crippen molar-refractivity contribution >= 4 is 43.5 Å². The fourth-order valence-corrected chi connectivity index (χ4v) is 2.56. The Balaban J connectivity index is 1.90. The zero-order valence-electron chi connectivity index (χ0n) is 11.5. The normalized spacial score (nSPS) is 10.2. The van der Waals surface area contributed by atoms with E-state index in [4.69, 9.17) is 4.74 Å². The molecule has 0 atom stereocenters. The van der Waals surface area contributed by atoms with Crippen LogP contribution in [0.5, 0.6) is 5.75 Å². The maximum atomic E-state index is 11.8. The Labute approximate surface area is 141 Å². The molecule has 1 amide bonds. The molecule has 2 aromatic carbocycles. The standard InChI is InChI=1S/C16H15Br2NO2/c1-2-11-3-8-15(14(18)9-11)21-10-16(20)19-13-6-4-12(17)5-7-13/h3-9H,2,10H2,1H3,(H,19,20). The summed E-state index contributed by atoms with van der Waals surface area (Å²) in [6.07, 6.45) is 0.961. The SMILES string of the molecule is CCc1ccc(OCC(=O)Nc2ccc(Br)cc2)c(Br)c1. The lowest BCUT2D eigenvalue weighted by molar-refractivity contribution is -0.118. The first kappa shape index (κ1) is 16.0. The van der Waals surface area contributed by atoms with Gasteiger partial charge in [0.15, 0.2) is 6.61 Å². The van der Waals surface area contributed by atoms with Crippen LogP contribution in [0.2, 0.25) is 0 Å². The summed E-state index contributed by atoms with van der Waals surface area (Å²) >= 11 is 6.80. The summed E-state index contributed by atoms with van der Waals surface area (Å²) in [7, 11) is 0. The van der Waals surface area contributed by atoms with Crippen molar-refractivity contribution in [3.63, 3.8) is 0 Å². The molecule has 0 radical (unpaired) electrons. The van der Waals surface area contributed by atoms with Gasteiger partial charge in [-0.15, -0.1) is 0 Å². The number of carbonyl (C=O) groups excluding carboxylic acids is 1. The molecule has 110 valence electrons. The Hall–Kier alpha value is -1.33. The number of aryl methyl sites for hydroxylation is 1. The fourth-order valence-electron chi connectivity index (χ4n) is 1.75. The quantitative estimate of drug-likeness (QED) is 0.766. The lowest BCUT2D eigenvalue weighted by Gasteiger charge is -2.10. The summed E-state index contributed by atoms with van der Waals surface area (Å²) in [5, 5.41) is 2.78. The van der Waals surface area contributed by atoms with E-state index in [0.717, 1.165) is 21.1 Å². The van der Waals surface area contributed by atoms with Gasteiger partial charge in [-0.25, -0.2) is 0 Å². The molecule has 5 heteroatoms. The number of amides is 1. The number of hydrogen-bond donors (Lipinski definition) is 1. The topological polar surface area (TPSA) is 38.3 Å². The highest BCUT2D eigenvalue weighted by Gasteiger charge is 2.06. The number of benzene rings is 2. The van der Waals surface area contributed by atoms with E-state index >= 15 is 0 Å². The summed E-state index contributed by atoms with van der Waals surface area (Å²) < 4.78 is 7.35. The molecule has 0 heterocycles. The van der Waals surface area contributed by atoms with Crippen molar-refractivity contribution in [3.8, 4) is 5.75 Å². The van der Waals surface area contributed by atoms with Crippen molar-refractivity contribution in [2.45, 2.75) is 13.3 Å². The van der Waals surface area contributed by atoms with Gasteiger partial charge < -0.3 is 10.1 Å². The van der Waals surface area contributed by atoms with Gasteiger partial charge in [0, 0.05) is 10.2 Å². The van der Waals surface area contributed by atoms with Crippen LogP contribution in [0.3, 0.4) is 0 Å². The smallest absolute Gasteiger partial charge is 0.262 e. The Morgan fingerprint density at radius 2 is 1.86 bits per heavy atom. The van der Waals surface area contributed by atoms with Crippen LogP contribution < -0.4 is 10.1 Å². The van der Waals surface area contributed by atoms with Crippen molar-refractivity contribution in [1.29, 1.82) is 0 Å². The molecule has 1 N–H and O–H groups in total. The van der Waals surface area contributed by atoms with Crippen molar-refractivity contribution in [1.82, 2.24) is 0 Å². The van der Waals surface area contributed by atoms with Gasteiger partial charge >= 0.3 is 0 Å². The van der Waals surface area contributed by atoms with Crippen LogP contribution in [-0.2, 0) is 11.2 Å². The minimum Gasteiger partial charge on any atom is -0.483 e. The van der Waals surface area contributed by atoms with Crippen LogP contribution in [0.1, 0.15) is 12.5 Å². The lowest BCUT2D eigenvalue weighted by Crippen LogP contribution is -2.20. The Bertz CT molecular complexity index is 627. The summed E-state index contributed by atoms with van der Waals surface area (Å²) in [4.78, 5) is 11.8. The molecule has 2 aromatic rings. The second-order valence-corrected chi connectivity index (χ2v) is 6.23. The summed E-state index contributed by atoms with van der Waals surface area (Å²) in [6, 6.07) is 13.3. The average molecular weight is 413 g/mol. The first-order chi connectivity index (χ1) is 10.1. The van der Waals surface area contributed by atoms with E-state index in [-0.39, 0.29) is 12.5 Å². The third kappa shape index (κ3) is 4.86. The van der Waals surface area contributed by atoms with Gasteiger partial charge in [0.05, 0.1) is 4.47 Å². The predicted octanol–water partition coefficient (Wildman–Crippen LogP) is 4.79. The minimum atomic E-state index is -0.191. The lowest BCUT2D eigenvalue weighted by atomic mass is 10.2. The number of hydrogen-bond acceptors (Lipinski definition) is 2. The number of ether oxygens (including phenoxy) is 1. The summed E-state index contributed by atoms with van der Waals surface area (Å²) in [5.41, 5.74) is 1.96. The molecule has 0 aliphatic rings. The second kappa shape index (κ2) is 7.61. The molecule has 0 unspecified atom stereocenters. The Morgan fingerprint density at radius 3 is 2.48 bits per heavy atom. The van der Waals surface area contributed by atoms with E-state index in [0.29, 0.717) is 5.75 Å². The molecule has 21 heavy (non-hydrogen) atoms. The van der Waals surface area contributed by atoms with E-state index in [1.165, 1.54) is 5.56 Å². The van der Waals surface area contributed by atoms with E-state index in [2.05, 4.69) is 44.1 Å². The molecular formula is C16H15Br2NO2. The maximum absolute atomic E-state index is 11.8. The molecule has 2 rings (SSSR count). The Kier molecular flexibility index (Phi) is 5.82. The molecule has 0 aliphatic heterocycles. The number of anilines is 1. The third-order valence-corrected chi connectivity index (χ3v) is 4.04. The monoisotopic (exact) mass is 411 g/mol. The highest BCUT2D eigenvalue weighted by atomic mass is 79.9. The minimum absolute atomic E-state index is 0.0276. The molecule has 3 nitrogen and oxygen atoms in total. The number of carbonyl (C=O) groups is 1. The number of nitrogens with one attached hydrogen (secondary N) is 1. The van der Waals surface area contributed by atoms with Gasteiger partial charge in [0.1, 0.15) is 5.75 Å². The summed E-state index contributed by atoms with van der Waals surface area (Å²) in [6.45, 7) is 2.06. The molecular weight excluding hydrogens is 398 g/mol. The fraction of sp³-hybridized carbons (Fsp3) is 0.188. The second-order valence-electron chi connectivity index (χ2n) is 4.46. The predicted molar refractivity (Wildman–Crippen MR) is 91.8 cm³/mol. The van der Waals surface area contributed by atoms with Gasteiger partial charge in [0.2, 0.25) is 0 Å². The summed E-state index contributed by atoms with van der Waals surface area (Å²) in [5.74, 6) is 0.474. The average Bonchev–Trinajstić information content (AvgIpc) is 2.48. The van der Waals surface area contributed by atoms with E-state index in [1.807, 2.05) is 42.5 Å². The van der Waals surface area contributed by atoms with Gasteiger partial charge in [-0.1, -0.05) is 28.9 Å². The Morgan fingerprint density at radius 1 is 1.14 bits per heavy atom. The van der Waals surface area contributed by atoms with Crippen molar-refractivity contribution in [2.24, 2.45) is 0 Å². The first-order valence-corrected chi connectivity index (χ1v) is 8.13. The number of rotatable bonds is 5. The van der Waals surface area contributed by atoms with Gasteiger partial charge in [-0.05, 0) is 64.3 Å². The highest BCUT2D eigenvalue weighted by Crippen LogP contribution is 2.26. The van der Waals surface area contributed by atoms with Crippen molar-refractivity contribution < 1.29 is 9.53 Å². The zero-order chi connectivity index (χ0) is 15.2. The van der Waals surface area contributed by atoms with Crippen molar-refractivity contribution in [2.75, 3.05) is 11.9 Å². The highest BCUT2D eigenvalue weighted by molar-refractivity contribution is 9.10. The molecule has 0 fully saturated rings. The van der Waals surface area contributed by atoms with E-state index < -0.39 is 0 Å². The molecule has 0 spiro atoms. The molecule has 0 bridgehead atoms. The van der Waals surface area contributed by atoms with Crippen LogP contribution in [0.25, 0.3) is 0 Å². The van der Waals surface area contributed by atoms with E-state index in [1.54, 1.807) is 0 Å². The van der Waals surface area contributed by atoms with E-state index in [9.17, 15) is 4.79 Å². The third-order valence-electron chi connectivity index (χ3n) is 2.89. The number of halogens is 2. The maximum Gasteiger partial charge on any atom is 0.262 e. The zero-order valence-corrected chi connectivity index (χ0v) is 14.7. The molecule has 0 saturated heterocycles. The largest absolute Gasteiger partial charge is 0.483 e. The molecule has 0 aliphatic carbocycles. The van der Waals surface area contributed by atoms with Gasteiger partial charge in [-0.3, -0.25) is 4.79 Å². The van der Waals surface area contributed by atoms with Gasteiger partial charge in [0.25, 0.3) is 5.91 Å².